The Balaban J connectivity index is 2.66. The Labute approximate surface area is 165 Å². The molecule has 2 heteroatoms. The smallest absolute Gasteiger partial charge is 0.162 e. The second kappa shape index (κ2) is 10.2. The van der Waals surface area contributed by atoms with E-state index in [0.717, 1.165) is 36.7 Å². The zero-order valence-electron chi connectivity index (χ0n) is 17.7. The van der Waals surface area contributed by atoms with Crippen LogP contribution in [0.4, 0.5) is 0 Å². The molecule has 0 saturated heterocycles. The van der Waals surface area contributed by atoms with Gasteiger partial charge in [0, 0.05) is 5.41 Å². The fraction of sp³-hybridized carbons (Fsp3) is 0.440. The zero-order chi connectivity index (χ0) is 20.5. The first-order chi connectivity index (χ1) is 12.6. The van der Waals surface area contributed by atoms with Crippen molar-refractivity contribution >= 4 is 12.1 Å². The summed E-state index contributed by atoms with van der Waals surface area (Å²) in [6, 6.07) is 0. The van der Waals surface area contributed by atoms with Crippen molar-refractivity contribution in [3.8, 4) is 0 Å². The Kier molecular flexibility index (Phi) is 8.62. The van der Waals surface area contributed by atoms with E-state index in [1.54, 1.807) is 19.1 Å². The van der Waals surface area contributed by atoms with Gasteiger partial charge in [-0.25, -0.2) is 0 Å². The van der Waals surface area contributed by atoms with Crippen LogP contribution in [0.15, 0.2) is 71.4 Å². The monoisotopic (exact) mass is 366 g/mol. The van der Waals surface area contributed by atoms with Crippen LogP contribution < -0.4 is 0 Å². The second-order valence-electron chi connectivity index (χ2n) is 8.36. The number of aldehydes is 1. The fourth-order valence-electron chi connectivity index (χ4n) is 3.26. The maximum absolute atomic E-state index is 12.7. The molecule has 0 aromatic heterocycles. The van der Waals surface area contributed by atoms with Gasteiger partial charge in [0.1, 0.15) is 6.29 Å². The second-order valence-corrected chi connectivity index (χ2v) is 8.36. The summed E-state index contributed by atoms with van der Waals surface area (Å²) in [5.41, 5.74) is 2.67. The Morgan fingerprint density at radius 1 is 0.741 bits per heavy atom. The molecule has 0 aliphatic heterocycles. The summed E-state index contributed by atoms with van der Waals surface area (Å²) in [5.74, 6) is 0.238. The molecule has 146 valence electrons. The molecule has 1 aliphatic carbocycles. The molecule has 27 heavy (non-hydrogen) atoms. The van der Waals surface area contributed by atoms with Crippen LogP contribution in [0.2, 0.25) is 0 Å². The number of rotatable bonds is 8. The van der Waals surface area contributed by atoms with Crippen LogP contribution in [0, 0.1) is 10.8 Å². The minimum Gasteiger partial charge on any atom is -0.298 e. The molecule has 1 fully saturated rings. The highest BCUT2D eigenvalue weighted by molar-refractivity contribution is 5.95. The molecular formula is C25H34O2. The van der Waals surface area contributed by atoms with Crippen LogP contribution in [-0.4, -0.2) is 12.1 Å². The molecule has 1 saturated carbocycles. The zero-order valence-corrected chi connectivity index (χ0v) is 17.7. The number of ketones is 1. The van der Waals surface area contributed by atoms with Gasteiger partial charge in [0.05, 0.1) is 0 Å². The SMILES string of the molecule is C\C(C=O)=C/C=C/C=C(C)/C=C/C=C(C)/C=C/C(=O)[C@]1(C)CCCC1(C)C. The van der Waals surface area contributed by atoms with Gasteiger partial charge in [-0.05, 0) is 50.7 Å². The van der Waals surface area contributed by atoms with E-state index in [9.17, 15) is 9.59 Å². The van der Waals surface area contributed by atoms with Crippen molar-refractivity contribution in [2.45, 2.75) is 60.8 Å². The van der Waals surface area contributed by atoms with E-state index in [4.69, 9.17) is 0 Å². The standard InChI is InChI=1S/C25H34O2/c1-20(11-7-8-12-22(3)19-26)13-9-14-21(2)15-16-23(27)25(6)18-10-17-24(25,4)5/h7-9,11-16,19H,10,17-18H2,1-6H3/b8-7+,13-9+,16-15+,20-11+,21-14+,22-12+/t25-/m0/s1. The van der Waals surface area contributed by atoms with Crippen molar-refractivity contribution in [2.24, 2.45) is 10.8 Å². The molecule has 0 bridgehead atoms. The average molecular weight is 367 g/mol. The van der Waals surface area contributed by atoms with Crippen LogP contribution in [0.1, 0.15) is 60.8 Å². The highest BCUT2D eigenvalue weighted by atomic mass is 16.1. The predicted octanol–water partition coefficient (Wildman–Crippen LogP) is 6.48. The first-order valence-corrected chi connectivity index (χ1v) is 9.67. The molecule has 0 N–H and O–H groups in total. The average Bonchev–Trinajstić information content (AvgIpc) is 2.90. The molecule has 2 nitrogen and oxygen atoms in total. The summed E-state index contributed by atoms with van der Waals surface area (Å²) in [6.07, 6.45) is 21.2. The lowest BCUT2D eigenvalue weighted by molar-refractivity contribution is -0.127. The summed E-state index contributed by atoms with van der Waals surface area (Å²) in [5, 5.41) is 0. The minimum absolute atomic E-state index is 0.0703. The van der Waals surface area contributed by atoms with Gasteiger partial charge in [-0.1, -0.05) is 86.9 Å². The van der Waals surface area contributed by atoms with E-state index in [1.807, 2.05) is 56.4 Å². The molecule has 0 amide bonds. The number of hydrogen-bond donors (Lipinski definition) is 0. The van der Waals surface area contributed by atoms with Crippen LogP contribution in [0.3, 0.4) is 0 Å². The first kappa shape index (κ1) is 22.8. The van der Waals surface area contributed by atoms with Gasteiger partial charge in [-0.2, -0.15) is 0 Å². The highest BCUT2D eigenvalue weighted by Crippen LogP contribution is 2.53. The normalized spacial score (nSPS) is 24.4. The number of carbonyl (C=O) groups is 2. The van der Waals surface area contributed by atoms with Gasteiger partial charge in [-0.15, -0.1) is 0 Å². The molecule has 0 unspecified atom stereocenters. The van der Waals surface area contributed by atoms with E-state index in [2.05, 4.69) is 20.8 Å². The van der Waals surface area contributed by atoms with Crippen molar-refractivity contribution in [2.75, 3.05) is 0 Å². The van der Waals surface area contributed by atoms with Crippen LogP contribution in [-0.2, 0) is 9.59 Å². The predicted molar refractivity (Wildman–Crippen MR) is 116 cm³/mol. The molecule has 1 aliphatic rings. The van der Waals surface area contributed by atoms with E-state index in [1.165, 1.54) is 0 Å². The topological polar surface area (TPSA) is 34.1 Å². The summed E-state index contributed by atoms with van der Waals surface area (Å²) in [7, 11) is 0. The molecule has 1 rings (SSSR count). The molecule has 0 aromatic rings. The van der Waals surface area contributed by atoms with Crippen molar-refractivity contribution in [3.05, 3.63) is 71.4 Å². The molecule has 0 heterocycles. The number of hydrogen-bond acceptors (Lipinski definition) is 2. The Morgan fingerprint density at radius 3 is 1.85 bits per heavy atom. The Bertz CT molecular complexity index is 723. The fourth-order valence-corrected chi connectivity index (χ4v) is 3.26. The van der Waals surface area contributed by atoms with Gasteiger partial charge in [-0.3, -0.25) is 9.59 Å². The lowest BCUT2D eigenvalue weighted by Crippen LogP contribution is -2.36. The first-order valence-electron chi connectivity index (χ1n) is 9.67. The Hall–Kier alpha value is -2.22. The molecule has 1 atom stereocenters. The molecule has 0 aromatic carbocycles. The van der Waals surface area contributed by atoms with Crippen LogP contribution >= 0.6 is 0 Å². The van der Waals surface area contributed by atoms with Crippen LogP contribution in [0.25, 0.3) is 0 Å². The molecule has 0 spiro atoms. The third-order valence-electron chi connectivity index (χ3n) is 5.75. The number of allylic oxidation sites excluding steroid dienone is 12. The minimum atomic E-state index is -0.248. The summed E-state index contributed by atoms with van der Waals surface area (Å²) >= 11 is 0. The van der Waals surface area contributed by atoms with E-state index >= 15 is 0 Å². The summed E-state index contributed by atoms with van der Waals surface area (Å²) in [4.78, 5) is 23.2. The van der Waals surface area contributed by atoms with Crippen LogP contribution in [0.5, 0.6) is 0 Å². The number of carbonyl (C=O) groups excluding carboxylic acids is 2. The largest absolute Gasteiger partial charge is 0.298 e. The van der Waals surface area contributed by atoms with Gasteiger partial charge in [0.15, 0.2) is 5.78 Å². The lowest BCUT2D eigenvalue weighted by atomic mass is 9.66. The highest BCUT2D eigenvalue weighted by Gasteiger charge is 2.48. The third-order valence-corrected chi connectivity index (χ3v) is 5.75. The van der Waals surface area contributed by atoms with E-state index in [-0.39, 0.29) is 16.6 Å². The third kappa shape index (κ3) is 6.78. The maximum atomic E-state index is 12.7. The lowest BCUT2D eigenvalue weighted by Gasteiger charge is -2.36. The molecule has 0 radical (unpaired) electrons. The van der Waals surface area contributed by atoms with Crippen molar-refractivity contribution in [1.29, 1.82) is 0 Å². The van der Waals surface area contributed by atoms with E-state index in [0.29, 0.717) is 5.57 Å². The van der Waals surface area contributed by atoms with Gasteiger partial charge < -0.3 is 0 Å². The van der Waals surface area contributed by atoms with E-state index < -0.39 is 0 Å². The quantitative estimate of drug-likeness (QED) is 0.280. The van der Waals surface area contributed by atoms with Crippen molar-refractivity contribution in [3.63, 3.8) is 0 Å². The van der Waals surface area contributed by atoms with Crippen molar-refractivity contribution < 1.29 is 9.59 Å². The van der Waals surface area contributed by atoms with Gasteiger partial charge >= 0.3 is 0 Å². The summed E-state index contributed by atoms with van der Waals surface area (Å²) in [6.45, 7) is 12.3. The Morgan fingerprint density at radius 2 is 1.30 bits per heavy atom. The van der Waals surface area contributed by atoms with Crippen molar-refractivity contribution in [1.82, 2.24) is 0 Å². The summed E-state index contributed by atoms with van der Waals surface area (Å²) < 4.78 is 0. The molecular weight excluding hydrogens is 332 g/mol. The van der Waals surface area contributed by atoms with Gasteiger partial charge in [0.25, 0.3) is 0 Å². The maximum Gasteiger partial charge on any atom is 0.162 e. The van der Waals surface area contributed by atoms with Gasteiger partial charge in [0.2, 0.25) is 0 Å².